The average Bonchev–Trinajstić information content (AvgIpc) is 3.19. The lowest BCUT2D eigenvalue weighted by molar-refractivity contribution is 0.0600. The predicted molar refractivity (Wildman–Crippen MR) is 100 cm³/mol. The zero-order valence-electron chi connectivity index (χ0n) is 15.5. The topological polar surface area (TPSA) is 113 Å². The molecule has 29 heavy (non-hydrogen) atoms. The second-order valence-corrected chi connectivity index (χ2v) is 6.18. The van der Waals surface area contributed by atoms with Gasteiger partial charge in [0.05, 0.1) is 19.1 Å². The summed E-state index contributed by atoms with van der Waals surface area (Å²) in [6.45, 7) is 1.04. The summed E-state index contributed by atoms with van der Waals surface area (Å²) in [5.41, 5.74) is 1.60. The standard InChI is InChI=1S/C20H17N3O6/c1-26-19(25)14-5-3-13(4-6-14)18(24)21-20-23-22-17(29-20)11-12-2-7-15-16(10-12)28-9-8-27-15/h2-7,10H,8-9,11H2,1H3,(H,21,23,24). The van der Waals surface area contributed by atoms with Gasteiger partial charge < -0.3 is 18.6 Å². The van der Waals surface area contributed by atoms with E-state index in [0.717, 1.165) is 5.56 Å². The molecule has 0 aliphatic carbocycles. The maximum absolute atomic E-state index is 12.3. The van der Waals surface area contributed by atoms with Crippen LogP contribution in [0.15, 0.2) is 46.9 Å². The van der Waals surface area contributed by atoms with Gasteiger partial charge in [0, 0.05) is 5.56 Å². The van der Waals surface area contributed by atoms with Crippen LogP contribution in [0.3, 0.4) is 0 Å². The molecule has 0 unspecified atom stereocenters. The van der Waals surface area contributed by atoms with Gasteiger partial charge in [-0.25, -0.2) is 4.79 Å². The zero-order chi connectivity index (χ0) is 20.2. The monoisotopic (exact) mass is 395 g/mol. The van der Waals surface area contributed by atoms with Crippen molar-refractivity contribution in [2.45, 2.75) is 6.42 Å². The van der Waals surface area contributed by atoms with Gasteiger partial charge in [0.15, 0.2) is 11.5 Å². The summed E-state index contributed by atoms with van der Waals surface area (Å²) >= 11 is 0. The number of benzene rings is 2. The Labute approximate surface area is 165 Å². The number of fused-ring (bicyclic) bond motifs is 1. The summed E-state index contributed by atoms with van der Waals surface area (Å²) in [7, 11) is 1.29. The fourth-order valence-corrected chi connectivity index (χ4v) is 2.79. The molecule has 148 valence electrons. The number of carbonyl (C=O) groups excluding carboxylic acids is 2. The van der Waals surface area contributed by atoms with E-state index >= 15 is 0 Å². The van der Waals surface area contributed by atoms with Crippen LogP contribution in [0, 0.1) is 0 Å². The van der Waals surface area contributed by atoms with Crippen LogP contribution >= 0.6 is 0 Å². The minimum atomic E-state index is -0.474. The smallest absolute Gasteiger partial charge is 0.337 e. The highest BCUT2D eigenvalue weighted by atomic mass is 16.6. The number of rotatable bonds is 5. The third-order valence-electron chi connectivity index (χ3n) is 4.22. The number of methoxy groups -OCH3 is 1. The number of amides is 1. The largest absolute Gasteiger partial charge is 0.486 e. The third kappa shape index (κ3) is 4.18. The molecular formula is C20H17N3O6. The van der Waals surface area contributed by atoms with Crippen LogP contribution in [-0.2, 0) is 11.2 Å². The zero-order valence-corrected chi connectivity index (χ0v) is 15.5. The van der Waals surface area contributed by atoms with Gasteiger partial charge in [0.25, 0.3) is 5.91 Å². The van der Waals surface area contributed by atoms with Gasteiger partial charge >= 0.3 is 12.0 Å². The summed E-state index contributed by atoms with van der Waals surface area (Å²) in [6, 6.07) is 11.6. The Balaban J connectivity index is 1.40. The number of hydrogen-bond donors (Lipinski definition) is 1. The Bertz CT molecular complexity index is 1040. The van der Waals surface area contributed by atoms with Crippen molar-refractivity contribution in [1.29, 1.82) is 0 Å². The Morgan fingerprint density at radius 1 is 1.00 bits per heavy atom. The molecule has 0 fully saturated rings. The number of ether oxygens (including phenoxy) is 3. The quantitative estimate of drug-likeness (QED) is 0.656. The normalized spacial score (nSPS) is 12.3. The first-order valence-electron chi connectivity index (χ1n) is 8.83. The van der Waals surface area contributed by atoms with Crippen LogP contribution in [0.4, 0.5) is 6.01 Å². The summed E-state index contributed by atoms with van der Waals surface area (Å²) in [5, 5.41) is 10.3. The van der Waals surface area contributed by atoms with Crippen molar-refractivity contribution in [3.63, 3.8) is 0 Å². The fourth-order valence-electron chi connectivity index (χ4n) is 2.79. The molecule has 0 spiro atoms. The fraction of sp³-hybridized carbons (Fsp3) is 0.200. The van der Waals surface area contributed by atoms with Crippen LogP contribution in [0.5, 0.6) is 11.5 Å². The minimum Gasteiger partial charge on any atom is -0.486 e. The highest BCUT2D eigenvalue weighted by molar-refractivity contribution is 6.03. The van der Waals surface area contributed by atoms with E-state index in [1.165, 1.54) is 31.4 Å². The number of nitrogens with zero attached hydrogens (tertiary/aromatic N) is 2. The van der Waals surface area contributed by atoms with E-state index in [1.807, 2.05) is 18.2 Å². The van der Waals surface area contributed by atoms with E-state index in [1.54, 1.807) is 0 Å². The maximum Gasteiger partial charge on any atom is 0.337 e. The molecule has 0 atom stereocenters. The van der Waals surface area contributed by atoms with Crippen molar-refractivity contribution >= 4 is 17.9 Å². The Hall–Kier alpha value is -3.88. The number of carbonyl (C=O) groups is 2. The van der Waals surface area contributed by atoms with Gasteiger partial charge in [-0.3, -0.25) is 10.1 Å². The number of hydrogen-bond acceptors (Lipinski definition) is 8. The first kappa shape index (κ1) is 18.5. The molecule has 0 saturated heterocycles. The average molecular weight is 395 g/mol. The SMILES string of the molecule is COC(=O)c1ccc(C(=O)Nc2nnc(Cc3ccc4c(c3)OCCO4)o2)cc1. The summed E-state index contributed by atoms with van der Waals surface area (Å²) in [4.78, 5) is 23.8. The Morgan fingerprint density at radius 3 is 2.48 bits per heavy atom. The Morgan fingerprint density at radius 2 is 1.72 bits per heavy atom. The van der Waals surface area contributed by atoms with Gasteiger partial charge in [0.1, 0.15) is 13.2 Å². The van der Waals surface area contributed by atoms with Crippen LogP contribution < -0.4 is 14.8 Å². The van der Waals surface area contributed by atoms with Crippen molar-refractivity contribution in [3.8, 4) is 11.5 Å². The number of esters is 1. The first-order chi connectivity index (χ1) is 14.1. The molecule has 9 nitrogen and oxygen atoms in total. The number of anilines is 1. The van der Waals surface area contributed by atoms with E-state index in [-0.39, 0.29) is 6.01 Å². The molecule has 1 aliphatic heterocycles. The van der Waals surface area contributed by atoms with Gasteiger partial charge in [-0.05, 0) is 42.0 Å². The molecule has 1 N–H and O–H groups in total. The van der Waals surface area contributed by atoms with Crippen molar-refractivity contribution in [2.24, 2.45) is 0 Å². The van der Waals surface area contributed by atoms with E-state index in [9.17, 15) is 9.59 Å². The van der Waals surface area contributed by atoms with E-state index in [4.69, 9.17) is 13.9 Å². The summed E-state index contributed by atoms with van der Waals surface area (Å²) < 4.78 is 21.2. The van der Waals surface area contributed by atoms with E-state index in [0.29, 0.717) is 48.2 Å². The Kier molecular flexibility index (Phi) is 5.10. The third-order valence-corrected chi connectivity index (χ3v) is 4.22. The lowest BCUT2D eigenvalue weighted by atomic mass is 10.1. The highest BCUT2D eigenvalue weighted by Crippen LogP contribution is 2.31. The van der Waals surface area contributed by atoms with Crippen molar-refractivity contribution in [2.75, 3.05) is 25.6 Å². The molecule has 9 heteroatoms. The molecule has 0 saturated carbocycles. The van der Waals surface area contributed by atoms with Gasteiger partial charge in [0.2, 0.25) is 5.89 Å². The molecule has 2 heterocycles. The highest BCUT2D eigenvalue weighted by Gasteiger charge is 2.15. The van der Waals surface area contributed by atoms with Gasteiger partial charge in [-0.2, -0.15) is 0 Å². The molecule has 4 rings (SSSR count). The second kappa shape index (κ2) is 8.01. The molecular weight excluding hydrogens is 378 g/mol. The number of aromatic nitrogens is 2. The van der Waals surface area contributed by atoms with Crippen LogP contribution in [0.1, 0.15) is 32.2 Å². The lowest BCUT2D eigenvalue weighted by Gasteiger charge is -2.18. The van der Waals surface area contributed by atoms with Crippen molar-refractivity contribution in [1.82, 2.24) is 10.2 Å². The first-order valence-corrected chi connectivity index (χ1v) is 8.83. The van der Waals surface area contributed by atoms with Crippen LogP contribution in [0.25, 0.3) is 0 Å². The molecule has 1 amide bonds. The van der Waals surface area contributed by atoms with Crippen LogP contribution in [0.2, 0.25) is 0 Å². The minimum absolute atomic E-state index is 0.0143. The van der Waals surface area contributed by atoms with Gasteiger partial charge in [-0.1, -0.05) is 11.2 Å². The second-order valence-electron chi connectivity index (χ2n) is 6.18. The summed E-state index contributed by atoms with van der Waals surface area (Å²) in [5.74, 6) is 0.820. The molecule has 2 aromatic carbocycles. The van der Waals surface area contributed by atoms with Crippen molar-refractivity contribution < 1.29 is 28.2 Å². The number of nitrogens with one attached hydrogen (secondary N) is 1. The van der Waals surface area contributed by atoms with Crippen molar-refractivity contribution in [3.05, 3.63) is 65.0 Å². The maximum atomic E-state index is 12.3. The van der Waals surface area contributed by atoms with E-state index in [2.05, 4.69) is 20.3 Å². The predicted octanol–water partition coefficient (Wildman–Crippen LogP) is 2.47. The lowest BCUT2D eigenvalue weighted by Crippen LogP contribution is -2.15. The van der Waals surface area contributed by atoms with Crippen LogP contribution in [-0.4, -0.2) is 42.4 Å². The molecule has 0 radical (unpaired) electrons. The van der Waals surface area contributed by atoms with E-state index < -0.39 is 11.9 Å². The molecule has 1 aliphatic rings. The molecule has 3 aromatic rings. The molecule has 0 bridgehead atoms. The molecule has 1 aromatic heterocycles. The summed E-state index contributed by atoms with van der Waals surface area (Å²) in [6.07, 6.45) is 0.382. The van der Waals surface area contributed by atoms with Gasteiger partial charge in [-0.15, -0.1) is 5.10 Å².